The summed E-state index contributed by atoms with van der Waals surface area (Å²) < 4.78 is 29.2. The number of nitrogens with one attached hydrogen (secondary N) is 2. The van der Waals surface area contributed by atoms with Gasteiger partial charge in [-0.15, -0.1) is 0 Å². The van der Waals surface area contributed by atoms with E-state index >= 15 is 4.39 Å². The Labute approximate surface area is 349 Å². The van der Waals surface area contributed by atoms with Gasteiger partial charge in [0.1, 0.15) is 11.6 Å². The molecule has 1 aliphatic heterocycles. The SMILES string of the molecule is COc1cc(-c2cccc(-c3cccc4c3cnn4Cc3nc(OC)c(CN(C)C45CCC(C(=O)O)(CC4)CC5)cc3Cl)c2C)cc(F)c1CNC[C@@H]1CCCC(=O)N1. The zero-order chi connectivity index (χ0) is 41.5. The van der Waals surface area contributed by atoms with Crippen molar-refractivity contribution in [2.24, 2.45) is 5.41 Å². The molecule has 0 unspecified atom stereocenters. The molecule has 3 N–H and O–H groups in total. The number of methoxy groups -OCH3 is 2. The van der Waals surface area contributed by atoms with Gasteiger partial charge in [-0.1, -0.05) is 41.9 Å². The van der Waals surface area contributed by atoms with Gasteiger partial charge in [-0.05, 0) is 117 Å². The summed E-state index contributed by atoms with van der Waals surface area (Å²) >= 11 is 6.96. The number of pyridine rings is 1. The van der Waals surface area contributed by atoms with E-state index in [2.05, 4.69) is 34.7 Å². The quantitative estimate of drug-likeness (QED) is 0.101. The molecule has 1 atom stereocenters. The van der Waals surface area contributed by atoms with Crippen LogP contribution in [0.2, 0.25) is 5.02 Å². The van der Waals surface area contributed by atoms with Crippen LogP contribution in [0.25, 0.3) is 33.2 Å². The number of carbonyl (C=O) groups excluding carboxylic acids is 1. The lowest BCUT2D eigenvalue weighted by Gasteiger charge is -2.55. The second kappa shape index (κ2) is 16.5. The molecule has 1 amide bonds. The van der Waals surface area contributed by atoms with Crippen LogP contribution < -0.4 is 20.1 Å². The number of carboxylic acids is 1. The van der Waals surface area contributed by atoms with E-state index in [4.69, 9.17) is 31.2 Å². The monoisotopic (exact) mass is 822 g/mol. The molecule has 4 aliphatic rings. The highest BCUT2D eigenvalue weighted by molar-refractivity contribution is 6.31. The number of ether oxygens (including phenoxy) is 2. The van der Waals surface area contributed by atoms with Crippen LogP contribution in [0.15, 0.2) is 60.8 Å². The zero-order valence-corrected chi connectivity index (χ0v) is 34.9. The Morgan fingerprint density at radius 1 is 1.05 bits per heavy atom. The van der Waals surface area contributed by atoms with Gasteiger partial charge in [0.05, 0.1) is 48.6 Å². The summed E-state index contributed by atoms with van der Waals surface area (Å²) in [6, 6.07) is 17.6. The van der Waals surface area contributed by atoms with Crippen LogP contribution in [0, 0.1) is 18.2 Å². The van der Waals surface area contributed by atoms with E-state index in [0.717, 1.165) is 70.8 Å². The van der Waals surface area contributed by atoms with Gasteiger partial charge in [0, 0.05) is 54.1 Å². The molecule has 0 radical (unpaired) electrons. The van der Waals surface area contributed by atoms with Crippen LogP contribution >= 0.6 is 11.6 Å². The van der Waals surface area contributed by atoms with E-state index in [1.165, 1.54) is 0 Å². The molecule has 3 saturated carbocycles. The Balaban J connectivity index is 1.01. The van der Waals surface area contributed by atoms with E-state index in [0.29, 0.717) is 78.8 Å². The van der Waals surface area contributed by atoms with Crippen molar-refractivity contribution >= 4 is 34.4 Å². The first kappa shape index (κ1) is 40.7. The van der Waals surface area contributed by atoms with Gasteiger partial charge >= 0.3 is 5.97 Å². The molecule has 9 rings (SSSR count). The number of hydrogen-bond acceptors (Lipinski definition) is 8. The summed E-state index contributed by atoms with van der Waals surface area (Å²) in [5.74, 6) is 0.0189. The van der Waals surface area contributed by atoms with Crippen LogP contribution in [-0.2, 0) is 29.2 Å². The lowest BCUT2D eigenvalue weighted by Crippen LogP contribution is -2.56. The molecule has 11 nitrogen and oxygen atoms in total. The van der Waals surface area contributed by atoms with Crippen molar-refractivity contribution in [1.82, 2.24) is 30.3 Å². The summed E-state index contributed by atoms with van der Waals surface area (Å²) in [6.45, 7) is 3.80. The van der Waals surface area contributed by atoms with Crippen molar-refractivity contribution in [3.8, 4) is 33.9 Å². The Morgan fingerprint density at radius 2 is 1.78 bits per heavy atom. The van der Waals surface area contributed by atoms with Crippen molar-refractivity contribution < 1.29 is 28.6 Å². The highest BCUT2D eigenvalue weighted by Gasteiger charge is 2.54. The fraction of sp³-hybridized carbons (Fsp3) is 0.435. The second-order valence-corrected chi connectivity index (χ2v) is 17.1. The maximum atomic E-state index is 15.8. The summed E-state index contributed by atoms with van der Waals surface area (Å²) in [5, 5.41) is 22.4. The Bertz CT molecular complexity index is 2390. The standard InChI is InChI=1S/C46H52ClFN6O5/c1-28-32(29-21-38(48)36(41(22-29)58-3)24-49-23-31-8-5-13-42(55)51-31)9-6-10-33(28)34-11-7-12-40-35(34)25-50-54(40)27-39-37(47)20-30(43(52-39)59-4)26-53(2)46-17-14-45(15-18-46,16-19-46)44(56)57/h6-7,9-12,20-22,25,31,49H,5,8,13-19,23-24,26-27H2,1-4H3,(H,51,55)(H,56,57)/t31-,45?,46?/m0/s1. The molecular formula is C46H52ClFN6O5. The lowest BCUT2D eigenvalue weighted by atomic mass is 9.57. The minimum atomic E-state index is -0.655. The second-order valence-electron chi connectivity index (χ2n) is 16.7. The number of amides is 1. The summed E-state index contributed by atoms with van der Waals surface area (Å²) in [4.78, 5) is 31.0. The molecule has 3 aromatic carbocycles. The minimum Gasteiger partial charge on any atom is -0.496 e. The molecular weight excluding hydrogens is 771 g/mol. The van der Waals surface area contributed by atoms with Crippen molar-refractivity contribution in [2.45, 2.75) is 95.9 Å². The number of rotatable bonds is 14. The van der Waals surface area contributed by atoms with Gasteiger partial charge in [0.15, 0.2) is 0 Å². The van der Waals surface area contributed by atoms with Gasteiger partial charge in [-0.2, -0.15) is 5.10 Å². The Morgan fingerprint density at radius 3 is 2.49 bits per heavy atom. The number of aliphatic carboxylic acids is 1. The molecule has 310 valence electrons. The summed E-state index contributed by atoms with van der Waals surface area (Å²) in [6.07, 6.45) is 8.88. The number of fused-ring (bicyclic) bond motifs is 4. The van der Waals surface area contributed by atoms with Crippen LogP contribution in [-0.4, -0.2) is 76.0 Å². The third-order valence-electron chi connectivity index (χ3n) is 13.5. The highest BCUT2D eigenvalue weighted by atomic mass is 35.5. The van der Waals surface area contributed by atoms with E-state index in [-0.39, 0.29) is 29.8 Å². The number of carbonyl (C=O) groups is 2. The molecule has 3 aliphatic carbocycles. The third kappa shape index (κ3) is 7.78. The predicted molar refractivity (Wildman–Crippen MR) is 226 cm³/mol. The van der Waals surface area contributed by atoms with Gasteiger partial charge in [0.2, 0.25) is 11.8 Å². The molecule has 2 aromatic heterocycles. The van der Waals surface area contributed by atoms with E-state index in [1.54, 1.807) is 20.3 Å². The fourth-order valence-electron chi connectivity index (χ4n) is 9.80. The van der Waals surface area contributed by atoms with Crippen molar-refractivity contribution in [3.05, 3.63) is 94.0 Å². The number of hydrogen-bond donors (Lipinski definition) is 3. The minimum absolute atomic E-state index is 0.0364. The number of piperidine rings is 1. The van der Waals surface area contributed by atoms with Gasteiger partial charge < -0.3 is 25.2 Å². The number of halogens is 2. The topological polar surface area (TPSA) is 131 Å². The molecule has 13 heteroatoms. The molecule has 3 heterocycles. The first-order valence-electron chi connectivity index (χ1n) is 20.5. The van der Waals surface area contributed by atoms with Crippen LogP contribution in [0.5, 0.6) is 11.6 Å². The number of aromatic nitrogens is 3. The maximum absolute atomic E-state index is 15.8. The summed E-state index contributed by atoms with van der Waals surface area (Å²) in [7, 11) is 5.28. The van der Waals surface area contributed by atoms with Gasteiger partial charge in [-0.25, -0.2) is 9.37 Å². The molecule has 1 saturated heterocycles. The molecule has 4 fully saturated rings. The van der Waals surface area contributed by atoms with E-state index < -0.39 is 11.4 Å². The molecule has 59 heavy (non-hydrogen) atoms. The number of nitrogens with zero attached hydrogens (tertiary/aromatic N) is 4. The highest BCUT2D eigenvalue weighted by Crippen LogP contribution is 2.55. The predicted octanol–water partition coefficient (Wildman–Crippen LogP) is 8.30. The van der Waals surface area contributed by atoms with E-state index in [9.17, 15) is 14.7 Å². The molecule has 2 bridgehead atoms. The summed E-state index contributed by atoms with van der Waals surface area (Å²) in [5.41, 5.74) is 6.87. The smallest absolute Gasteiger partial charge is 0.309 e. The van der Waals surface area contributed by atoms with Crippen LogP contribution in [0.4, 0.5) is 4.39 Å². The first-order chi connectivity index (χ1) is 28.4. The third-order valence-corrected chi connectivity index (χ3v) is 13.8. The average molecular weight is 823 g/mol. The van der Waals surface area contributed by atoms with Crippen molar-refractivity contribution in [1.29, 1.82) is 0 Å². The normalized spacial score (nSPS) is 21.5. The first-order valence-corrected chi connectivity index (χ1v) is 20.9. The number of carboxylic acid groups (broad SMARTS) is 1. The average Bonchev–Trinajstić information content (AvgIpc) is 3.65. The van der Waals surface area contributed by atoms with Gasteiger partial charge in [0.25, 0.3) is 0 Å². The number of benzene rings is 3. The van der Waals surface area contributed by atoms with Crippen LogP contribution in [0.1, 0.15) is 80.2 Å². The van der Waals surface area contributed by atoms with E-state index in [1.807, 2.05) is 54.2 Å². The lowest BCUT2D eigenvalue weighted by molar-refractivity contribution is -0.160. The Kier molecular flexibility index (Phi) is 11.4. The van der Waals surface area contributed by atoms with Gasteiger partial charge in [-0.3, -0.25) is 19.2 Å². The van der Waals surface area contributed by atoms with Crippen LogP contribution in [0.3, 0.4) is 0 Å². The van der Waals surface area contributed by atoms with Crippen molar-refractivity contribution in [3.63, 3.8) is 0 Å². The fourth-order valence-corrected chi connectivity index (χ4v) is 10.0. The Hall–Kier alpha value is -5.04. The largest absolute Gasteiger partial charge is 0.496 e. The molecule has 0 spiro atoms. The van der Waals surface area contributed by atoms with Crippen molar-refractivity contribution in [2.75, 3.05) is 27.8 Å². The zero-order valence-electron chi connectivity index (χ0n) is 34.2. The molecule has 5 aromatic rings. The maximum Gasteiger partial charge on any atom is 0.309 e.